The molecule has 0 aliphatic rings. The zero-order chi connectivity index (χ0) is 13.8. The number of para-hydroxylation sites is 1. The van der Waals surface area contributed by atoms with Crippen molar-refractivity contribution in [2.75, 3.05) is 5.32 Å². The quantitative estimate of drug-likeness (QED) is 0.859. The fourth-order valence-electron chi connectivity index (χ4n) is 1.95. The number of halogens is 3. The first-order valence-electron chi connectivity index (χ1n) is 6.01. The second kappa shape index (κ2) is 6.02. The Labute approximate surface area is 116 Å². The predicted octanol–water partition coefficient (Wildman–Crippen LogP) is 4.66. The molecule has 1 unspecified atom stereocenters. The third kappa shape index (κ3) is 3.67. The molecule has 1 N–H and O–H groups in total. The summed E-state index contributed by atoms with van der Waals surface area (Å²) >= 11 is 5.94. The smallest absolute Gasteiger partial charge is 0.147 e. The molecular weight excluding hydrogens is 268 g/mol. The first-order chi connectivity index (χ1) is 9.06. The van der Waals surface area contributed by atoms with Crippen molar-refractivity contribution >= 4 is 17.3 Å². The van der Waals surface area contributed by atoms with E-state index in [1.54, 1.807) is 18.2 Å². The van der Waals surface area contributed by atoms with Gasteiger partial charge in [-0.25, -0.2) is 8.78 Å². The molecule has 0 saturated carbocycles. The van der Waals surface area contributed by atoms with Crippen LogP contribution >= 0.6 is 11.6 Å². The van der Waals surface area contributed by atoms with Gasteiger partial charge in [0.1, 0.15) is 11.6 Å². The van der Waals surface area contributed by atoms with Crippen LogP contribution in [-0.2, 0) is 6.42 Å². The maximum atomic E-state index is 13.6. The van der Waals surface area contributed by atoms with Gasteiger partial charge in [0, 0.05) is 6.04 Å². The summed E-state index contributed by atoms with van der Waals surface area (Å²) < 4.78 is 26.7. The summed E-state index contributed by atoms with van der Waals surface area (Å²) in [7, 11) is 0. The Bertz CT molecular complexity index is 552. The molecule has 4 heteroatoms. The van der Waals surface area contributed by atoms with Crippen molar-refractivity contribution in [2.45, 2.75) is 19.4 Å². The zero-order valence-corrected chi connectivity index (χ0v) is 11.2. The molecule has 0 heterocycles. The standard InChI is InChI=1S/C15H14ClF2N/c1-10(8-11-4-2-5-12(17)9-11)19-15-13(16)6-3-7-14(15)18/h2-7,9-10,19H,8H2,1H3. The van der Waals surface area contributed by atoms with Crippen LogP contribution in [0.2, 0.25) is 5.02 Å². The third-order valence-electron chi connectivity index (χ3n) is 2.78. The Balaban J connectivity index is 2.07. The molecule has 1 nitrogen and oxygen atoms in total. The molecule has 0 fully saturated rings. The third-order valence-corrected chi connectivity index (χ3v) is 3.10. The highest BCUT2D eigenvalue weighted by atomic mass is 35.5. The summed E-state index contributed by atoms with van der Waals surface area (Å²) in [6.07, 6.45) is 0.586. The summed E-state index contributed by atoms with van der Waals surface area (Å²) in [5, 5.41) is 3.36. The lowest BCUT2D eigenvalue weighted by molar-refractivity contribution is 0.620. The van der Waals surface area contributed by atoms with Gasteiger partial charge >= 0.3 is 0 Å². The van der Waals surface area contributed by atoms with E-state index in [0.29, 0.717) is 11.4 Å². The number of rotatable bonds is 4. The molecule has 19 heavy (non-hydrogen) atoms. The average Bonchev–Trinajstić information content (AvgIpc) is 2.34. The summed E-state index contributed by atoms with van der Waals surface area (Å²) in [6.45, 7) is 1.90. The largest absolute Gasteiger partial charge is 0.379 e. The minimum Gasteiger partial charge on any atom is -0.379 e. The van der Waals surface area contributed by atoms with Crippen molar-refractivity contribution in [1.29, 1.82) is 0 Å². The molecule has 0 bridgehead atoms. The molecule has 1 atom stereocenters. The van der Waals surface area contributed by atoms with E-state index in [1.807, 2.05) is 13.0 Å². The highest BCUT2D eigenvalue weighted by molar-refractivity contribution is 6.33. The van der Waals surface area contributed by atoms with E-state index >= 15 is 0 Å². The van der Waals surface area contributed by atoms with Crippen LogP contribution in [0.25, 0.3) is 0 Å². The molecule has 2 rings (SSSR count). The Morgan fingerprint density at radius 3 is 2.58 bits per heavy atom. The van der Waals surface area contributed by atoms with E-state index in [0.717, 1.165) is 5.56 Å². The van der Waals surface area contributed by atoms with Crippen molar-refractivity contribution in [1.82, 2.24) is 0 Å². The molecule has 0 aliphatic carbocycles. The number of benzene rings is 2. The molecule has 0 saturated heterocycles. The van der Waals surface area contributed by atoms with Gasteiger partial charge in [0.05, 0.1) is 10.7 Å². The van der Waals surface area contributed by atoms with Gasteiger partial charge in [0.25, 0.3) is 0 Å². The van der Waals surface area contributed by atoms with Crippen LogP contribution in [0.1, 0.15) is 12.5 Å². The fourth-order valence-corrected chi connectivity index (χ4v) is 2.17. The normalized spacial score (nSPS) is 12.2. The predicted molar refractivity (Wildman–Crippen MR) is 74.6 cm³/mol. The van der Waals surface area contributed by atoms with Gasteiger partial charge in [-0.05, 0) is 43.2 Å². The molecule has 2 aromatic rings. The van der Waals surface area contributed by atoms with Gasteiger partial charge in [-0.2, -0.15) is 0 Å². The molecule has 0 aliphatic heterocycles. The van der Waals surface area contributed by atoms with Gasteiger partial charge in [-0.15, -0.1) is 0 Å². The zero-order valence-electron chi connectivity index (χ0n) is 10.5. The van der Waals surface area contributed by atoms with Crippen LogP contribution in [0.3, 0.4) is 0 Å². The van der Waals surface area contributed by atoms with Gasteiger partial charge in [-0.3, -0.25) is 0 Å². The maximum Gasteiger partial charge on any atom is 0.147 e. The van der Waals surface area contributed by atoms with Gasteiger partial charge in [0.2, 0.25) is 0 Å². The van der Waals surface area contributed by atoms with Gasteiger partial charge in [0.15, 0.2) is 0 Å². The highest BCUT2D eigenvalue weighted by Gasteiger charge is 2.10. The topological polar surface area (TPSA) is 12.0 Å². The molecule has 2 aromatic carbocycles. The maximum absolute atomic E-state index is 13.6. The fraction of sp³-hybridized carbons (Fsp3) is 0.200. The minimum atomic E-state index is -0.390. The Kier molecular flexibility index (Phi) is 4.38. The molecular formula is C15H14ClF2N. The second-order valence-corrected chi connectivity index (χ2v) is 4.88. The summed E-state index contributed by atoms with van der Waals surface area (Å²) in [5.41, 5.74) is 1.14. The summed E-state index contributed by atoms with van der Waals surface area (Å²) in [6, 6.07) is 10.8. The van der Waals surface area contributed by atoms with E-state index < -0.39 is 5.82 Å². The number of anilines is 1. The van der Waals surface area contributed by atoms with E-state index in [2.05, 4.69) is 5.32 Å². The molecule has 0 radical (unpaired) electrons. The lowest BCUT2D eigenvalue weighted by Crippen LogP contribution is -2.19. The van der Waals surface area contributed by atoms with Crippen molar-refractivity contribution in [3.63, 3.8) is 0 Å². The molecule has 0 amide bonds. The minimum absolute atomic E-state index is 0.0591. The SMILES string of the molecule is CC(Cc1cccc(F)c1)Nc1c(F)cccc1Cl. The molecule has 0 aromatic heterocycles. The molecule has 100 valence electrons. The van der Waals surface area contributed by atoms with Crippen molar-refractivity contribution in [3.05, 3.63) is 64.7 Å². The number of nitrogens with one attached hydrogen (secondary N) is 1. The Hall–Kier alpha value is -1.61. The van der Waals surface area contributed by atoms with E-state index in [9.17, 15) is 8.78 Å². The first kappa shape index (κ1) is 13.8. The number of hydrogen-bond donors (Lipinski definition) is 1. The summed E-state index contributed by atoms with van der Waals surface area (Å²) in [5.74, 6) is -0.660. The second-order valence-electron chi connectivity index (χ2n) is 4.48. The van der Waals surface area contributed by atoms with E-state index in [4.69, 9.17) is 11.6 Å². The van der Waals surface area contributed by atoms with Crippen LogP contribution in [-0.4, -0.2) is 6.04 Å². The number of hydrogen-bond acceptors (Lipinski definition) is 1. The Morgan fingerprint density at radius 2 is 1.89 bits per heavy atom. The van der Waals surface area contributed by atoms with Crippen molar-refractivity contribution in [2.24, 2.45) is 0 Å². The van der Waals surface area contributed by atoms with Crippen LogP contribution < -0.4 is 5.32 Å². The highest BCUT2D eigenvalue weighted by Crippen LogP contribution is 2.25. The van der Waals surface area contributed by atoms with Gasteiger partial charge in [-0.1, -0.05) is 29.8 Å². The lowest BCUT2D eigenvalue weighted by Gasteiger charge is -2.17. The van der Waals surface area contributed by atoms with Crippen LogP contribution in [0.5, 0.6) is 0 Å². The van der Waals surface area contributed by atoms with E-state index in [-0.39, 0.29) is 17.5 Å². The lowest BCUT2D eigenvalue weighted by atomic mass is 10.1. The summed E-state index contributed by atoms with van der Waals surface area (Å²) in [4.78, 5) is 0. The molecule has 0 spiro atoms. The van der Waals surface area contributed by atoms with E-state index in [1.165, 1.54) is 18.2 Å². The van der Waals surface area contributed by atoms with Crippen molar-refractivity contribution < 1.29 is 8.78 Å². The Morgan fingerprint density at radius 1 is 1.16 bits per heavy atom. The monoisotopic (exact) mass is 281 g/mol. The van der Waals surface area contributed by atoms with Crippen LogP contribution in [0, 0.1) is 11.6 Å². The first-order valence-corrected chi connectivity index (χ1v) is 6.39. The average molecular weight is 282 g/mol. The van der Waals surface area contributed by atoms with Gasteiger partial charge < -0.3 is 5.32 Å². The van der Waals surface area contributed by atoms with Crippen molar-refractivity contribution in [3.8, 4) is 0 Å². The van der Waals surface area contributed by atoms with Crippen LogP contribution in [0.15, 0.2) is 42.5 Å². The van der Waals surface area contributed by atoms with Crippen LogP contribution in [0.4, 0.5) is 14.5 Å².